The lowest BCUT2D eigenvalue weighted by atomic mass is 10.7. The van der Waals surface area contributed by atoms with Crippen molar-refractivity contribution in [3.05, 3.63) is 18.7 Å². The summed E-state index contributed by atoms with van der Waals surface area (Å²) < 4.78 is 1.82. The van der Waals surface area contributed by atoms with Crippen LogP contribution < -0.4 is 0 Å². The summed E-state index contributed by atoms with van der Waals surface area (Å²) in [6.07, 6.45) is 5.19. The Balaban J connectivity index is 2.46. The molecule has 12 heavy (non-hydrogen) atoms. The monoisotopic (exact) mass is 216 g/mol. The van der Waals surface area contributed by atoms with Crippen LogP contribution in [0.25, 0.3) is 5.65 Å². The van der Waals surface area contributed by atoms with E-state index in [1.54, 1.807) is 12.5 Å². The van der Waals surface area contributed by atoms with Crippen molar-refractivity contribution in [1.82, 2.24) is 19.6 Å². The quantitative estimate of drug-likeness (QED) is 0.611. The zero-order valence-corrected chi connectivity index (χ0v) is 8.31. The molecule has 0 unspecified atom stereocenters. The molecule has 0 atom stereocenters. The number of rotatable bonds is 2. The van der Waals surface area contributed by atoms with Gasteiger partial charge in [0.15, 0.2) is 5.65 Å². The summed E-state index contributed by atoms with van der Waals surface area (Å²) in [4.78, 5) is 4.14. The van der Waals surface area contributed by atoms with E-state index in [1.807, 2.05) is 10.6 Å². The van der Waals surface area contributed by atoms with Crippen LogP contribution in [-0.2, 0) is 0 Å². The molecule has 4 nitrogen and oxygen atoms in total. The fraction of sp³-hybridized carbons (Fsp3) is 0. The molecule has 0 fully saturated rings. The molecule has 62 valence electrons. The van der Waals surface area contributed by atoms with E-state index in [9.17, 15) is 0 Å². The second-order valence-corrected chi connectivity index (χ2v) is 5.00. The predicted molar refractivity (Wildman–Crippen MR) is 53.2 cm³/mol. The number of thiol groups is 1. The molecule has 0 aliphatic heterocycles. The molecule has 0 aromatic carbocycles. The predicted octanol–water partition coefficient (Wildman–Crippen LogP) is 1.71. The molecule has 0 N–H and O–H groups in total. The van der Waals surface area contributed by atoms with E-state index in [2.05, 4.69) is 26.8 Å². The average molecular weight is 216 g/mol. The molecule has 0 saturated heterocycles. The van der Waals surface area contributed by atoms with Crippen molar-refractivity contribution in [2.24, 2.45) is 0 Å². The Bertz CT molecular complexity index is 387. The third kappa shape index (κ3) is 1.52. The molecule has 2 rings (SSSR count). The van der Waals surface area contributed by atoms with Gasteiger partial charge in [0.2, 0.25) is 0 Å². The minimum Gasteiger partial charge on any atom is -0.285 e. The summed E-state index contributed by atoms with van der Waals surface area (Å²) in [5.41, 5.74) is 0.753. The number of aromatic nitrogens is 4. The summed E-state index contributed by atoms with van der Waals surface area (Å²) in [6, 6.07) is 0. The smallest absolute Gasteiger partial charge is 0.179 e. The zero-order chi connectivity index (χ0) is 8.39. The van der Waals surface area contributed by atoms with E-state index in [-0.39, 0.29) is 0 Å². The van der Waals surface area contributed by atoms with Gasteiger partial charge in [0.05, 0.1) is 6.20 Å². The first-order valence-corrected chi connectivity index (χ1v) is 6.24. The van der Waals surface area contributed by atoms with Gasteiger partial charge in [-0.15, -0.1) is 10.2 Å². The van der Waals surface area contributed by atoms with Gasteiger partial charge in [0.1, 0.15) is 11.4 Å². The molecular formula is C5H4N4S3. The first-order chi connectivity index (χ1) is 5.90. The Morgan fingerprint density at radius 3 is 3.25 bits per heavy atom. The van der Waals surface area contributed by atoms with Gasteiger partial charge in [0.25, 0.3) is 0 Å². The van der Waals surface area contributed by atoms with Crippen molar-refractivity contribution < 1.29 is 0 Å². The van der Waals surface area contributed by atoms with Crippen molar-refractivity contribution in [3.8, 4) is 0 Å². The molecule has 2 aromatic rings. The van der Waals surface area contributed by atoms with Crippen molar-refractivity contribution >= 4 is 37.9 Å². The van der Waals surface area contributed by atoms with Crippen molar-refractivity contribution in [3.63, 3.8) is 0 Å². The number of nitrogens with zero attached hydrogens (tertiary/aromatic N) is 4. The van der Waals surface area contributed by atoms with Gasteiger partial charge in [-0.05, 0) is 20.6 Å². The molecule has 0 aliphatic rings. The van der Waals surface area contributed by atoms with Crippen LogP contribution in [0.1, 0.15) is 0 Å². The van der Waals surface area contributed by atoms with Crippen LogP contribution in [0, 0.1) is 0 Å². The van der Waals surface area contributed by atoms with Gasteiger partial charge < -0.3 is 0 Å². The standard InChI is InChI=1S/C5H4N4S3/c10-12-11-5-2-9-3-7-8-4(9)1-6-5/h1-3,10H. The molecule has 0 bridgehead atoms. The molecule has 0 aliphatic carbocycles. The second-order valence-electron chi connectivity index (χ2n) is 1.98. The molecule has 2 heterocycles. The molecule has 0 radical (unpaired) electrons. The summed E-state index contributed by atoms with van der Waals surface area (Å²) in [5.74, 6) is 0. The SMILES string of the molecule is SSSc1cn2cnnc2cn1. The third-order valence-electron chi connectivity index (χ3n) is 1.28. The molecule has 7 heteroatoms. The Morgan fingerprint density at radius 1 is 1.50 bits per heavy atom. The van der Waals surface area contributed by atoms with Crippen LogP contribution in [0.2, 0.25) is 0 Å². The Morgan fingerprint density at radius 2 is 2.42 bits per heavy atom. The van der Waals surface area contributed by atoms with Gasteiger partial charge in [-0.3, -0.25) is 4.40 Å². The fourth-order valence-electron chi connectivity index (χ4n) is 0.798. The van der Waals surface area contributed by atoms with E-state index in [4.69, 9.17) is 0 Å². The lowest BCUT2D eigenvalue weighted by molar-refractivity contribution is 1.02. The van der Waals surface area contributed by atoms with Gasteiger partial charge >= 0.3 is 0 Å². The maximum atomic E-state index is 4.14. The van der Waals surface area contributed by atoms with Crippen molar-refractivity contribution in [2.45, 2.75) is 5.03 Å². The highest BCUT2D eigenvalue weighted by Gasteiger charge is 1.98. The van der Waals surface area contributed by atoms with E-state index in [1.165, 1.54) is 20.6 Å². The van der Waals surface area contributed by atoms with Crippen LogP contribution in [0.3, 0.4) is 0 Å². The molecule has 0 amide bonds. The number of hydrogen-bond acceptors (Lipinski definition) is 6. The molecule has 2 aromatic heterocycles. The normalized spacial score (nSPS) is 10.8. The van der Waals surface area contributed by atoms with E-state index >= 15 is 0 Å². The highest BCUT2D eigenvalue weighted by Crippen LogP contribution is 2.31. The first-order valence-electron chi connectivity index (χ1n) is 3.03. The van der Waals surface area contributed by atoms with Crippen LogP contribution in [-0.4, -0.2) is 19.6 Å². The Hall–Kier alpha value is -0.400. The maximum Gasteiger partial charge on any atom is 0.179 e. The Kier molecular flexibility index (Phi) is 2.43. The summed E-state index contributed by atoms with van der Waals surface area (Å²) in [5, 5.41) is 8.47. The third-order valence-corrected chi connectivity index (χ3v) is 3.14. The van der Waals surface area contributed by atoms with E-state index in [0.29, 0.717) is 0 Å². The summed E-state index contributed by atoms with van der Waals surface area (Å²) in [6.45, 7) is 0. The topological polar surface area (TPSA) is 43.1 Å². The second kappa shape index (κ2) is 3.55. The molecule has 0 spiro atoms. The van der Waals surface area contributed by atoms with Crippen LogP contribution >= 0.6 is 32.3 Å². The zero-order valence-electron chi connectivity index (χ0n) is 5.78. The fourth-order valence-corrected chi connectivity index (χ4v) is 2.30. The molecular weight excluding hydrogens is 212 g/mol. The lowest BCUT2D eigenvalue weighted by Gasteiger charge is -1.95. The number of fused-ring (bicyclic) bond motifs is 1. The highest BCUT2D eigenvalue weighted by atomic mass is 33.5. The lowest BCUT2D eigenvalue weighted by Crippen LogP contribution is -1.86. The number of hydrogen-bond donors (Lipinski definition) is 1. The van der Waals surface area contributed by atoms with Gasteiger partial charge in [-0.1, -0.05) is 11.7 Å². The largest absolute Gasteiger partial charge is 0.285 e. The van der Waals surface area contributed by atoms with E-state index in [0.717, 1.165) is 10.7 Å². The van der Waals surface area contributed by atoms with E-state index < -0.39 is 0 Å². The highest BCUT2D eigenvalue weighted by molar-refractivity contribution is 9.05. The van der Waals surface area contributed by atoms with Crippen molar-refractivity contribution in [2.75, 3.05) is 0 Å². The average Bonchev–Trinajstić information content (AvgIpc) is 2.51. The van der Waals surface area contributed by atoms with Gasteiger partial charge in [0, 0.05) is 6.20 Å². The molecule has 0 saturated carbocycles. The van der Waals surface area contributed by atoms with Crippen LogP contribution in [0.15, 0.2) is 23.7 Å². The van der Waals surface area contributed by atoms with Gasteiger partial charge in [-0.2, -0.15) is 0 Å². The maximum absolute atomic E-state index is 4.14. The Labute approximate surface area is 81.4 Å². The summed E-state index contributed by atoms with van der Waals surface area (Å²) >= 11 is 4.01. The van der Waals surface area contributed by atoms with Crippen LogP contribution in [0.4, 0.5) is 0 Å². The summed E-state index contributed by atoms with van der Waals surface area (Å²) in [7, 11) is 2.85. The van der Waals surface area contributed by atoms with Gasteiger partial charge in [-0.25, -0.2) is 4.98 Å². The minimum atomic E-state index is 0.753. The van der Waals surface area contributed by atoms with Crippen molar-refractivity contribution in [1.29, 1.82) is 0 Å². The first kappa shape index (κ1) is 8.21. The minimum absolute atomic E-state index is 0.753. The van der Waals surface area contributed by atoms with Crippen LogP contribution in [0.5, 0.6) is 0 Å².